The summed E-state index contributed by atoms with van der Waals surface area (Å²) in [5.74, 6) is -1.04. The molecule has 0 spiro atoms. The number of anilines is 1. The lowest BCUT2D eigenvalue weighted by Gasteiger charge is -2.11. The smallest absolute Gasteiger partial charge is 0.348 e. The van der Waals surface area contributed by atoms with Gasteiger partial charge in [-0.05, 0) is 37.6 Å². The summed E-state index contributed by atoms with van der Waals surface area (Å²) in [5.41, 5.74) is 1.10. The Morgan fingerprint density at radius 3 is 2.55 bits per heavy atom. The number of thiophene rings is 1. The van der Waals surface area contributed by atoms with Gasteiger partial charge in [0.1, 0.15) is 4.88 Å². The van der Waals surface area contributed by atoms with Crippen LogP contribution in [0, 0.1) is 13.8 Å². The van der Waals surface area contributed by atoms with Crippen molar-refractivity contribution in [1.29, 1.82) is 0 Å². The number of ether oxygens (including phenoxy) is 1. The van der Waals surface area contributed by atoms with Crippen LogP contribution in [0.5, 0.6) is 0 Å². The molecule has 0 bridgehead atoms. The fourth-order valence-electron chi connectivity index (χ4n) is 1.69. The first-order valence-corrected chi connectivity index (χ1v) is 7.93. The van der Waals surface area contributed by atoms with Crippen molar-refractivity contribution in [1.82, 2.24) is 0 Å². The van der Waals surface area contributed by atoms with Gasteiger partial charge in [0.15, 0.2) is 6.61 Å². The Kier molecular flexibility index (Phi) is 5.45. The van der Waals surface area contributed by atoms with Crippen molar-refractivity contribution >= 4 is 52.1 Å². The molecule has 2 aromatic rings. The van der Waals surface area contributed by atoms with Gasteiger partial charge >= 0.3 is 5.97 Å². The average Bonchev–Trinajstić information content (AvgIpc) is 2.92. The van der Waals surface area contributed by atoms with E-state index in [1.807, 2.05) is 13.0 Å². The third kappa shape index (κ3) is 4.00. The zero-order chi connectivity index (χ0) is 16.3. The molecule has 1 N–H and O–H groups in total. The summed E-state index contributed by atoms with van der Waals surface area (Å²) >= 11 is 13.4. The number of benzene rings is 1. The van der Waals surface area contributed by atoms with E-state index in [1.165, 1.54) is 11.3 Å². The van der Waals surface area contributed by atoms with Crippen LogP contribution in [-0.2, 0) is 9.53 Å². The SMILES string of the molecule is Cc1ccc(C(=O)OCC(=O)Nc2c(Cl)ccc(C)c2Cl)s1. The molecule has 0 aliphatic heterocycles. The number of nitrogens with one attached hydrogen (secondary N) is 1. The molecule has 116 valence electrons. The number of carbonyl (C=O) groups excluding carboxylic acids is 2. The van der Waals surface area contributed by atoms with Gasteiger partial charge in [0.25, 0.3) is 5.91 Å². The number of hydrogen-bond acceptors (Lipinski definition) is 4. The Morgan fingerprint density at radius 1 is 1.18 bits per heavy atom. The van der Waals surface area contributed by atoms with Crippen molar-refractivity contribution in [3.05, 3.63) is 49.6 Å². The van der Waals surface area contributed by atoms with Gasteiger partial charge in [0.2, 0.25) is 0 Å². The van der Waals surface area contributed by atoms with E-state index in [9.17, 15) is 9.59 Å². The summed E-state index contributed by atoms with van der Waals surface area (Å²) in [7, 11) is 0. The van der Waals surface area contributed by atoms with Gasteiger partial charge in [-0.1, -0.05) is 29.3 Å². The second-order valence-corrected chi connectivity index (χ2v) is 6.66. The number of hydrogen-bond donors (Lipinski definition) is 1. The highest BCUT2D eigenvalue weighted by molar-refractivity contribution is 7.13. The summed E-state index contributed by atoms with van der Waals surface area (Å²) in [6, 6.07) is 6.86. The Balaban J connectivity index is 1.97. The number of rotatable bonds is 4. The minimum atomic E-state index is -0.533. The number of aryl methyl sites for hydroxylation is 2. The Hall–Kier alpha value is -1.56. The van der Waals surface area contributed by atoms with Crippen LogP contribution in [0.2, 0.25) is 10.0 Å². The van der Waals surface area contributed by atoms with Crippen molar-refractivity contribution in [2.45, 2.75) is 13.8 Å². The molecule has 0 fully saturated rings. The first-order chi connectivity index (χ1) is 10.4. The molecule has 0 saturated heterocycles. The molecule has 1 aromatic carbocycles. The summed E-state index contributed by atoms with van der Waals surface area (Å²) in [5, 5.41) is 3.24. The van der Waals surface area contributed by atoms with E-state index in [1.54, 1.807) is 25.1 Å². The van der Waals surface area contributed by atoms with Gasteiger partial charge in [-0.15, -0.1) is 11.3 Å². The molecule has 0 aliphatic rings. The third-order valence-corrected chi connectivity index (χ3v) is 4.61. The fourth-order valence-corrected chi connectivity index (χ4v) is 2.92. The molecule has 0 radical (unpaired) electrons. The van der Waals surface area contributed by atoms with E-state index < -0.39 is 18.5 Å². The van der Waals surface area contributed by atoms with Gasteiger partial charge in [0.05, 0.1) is 15.7 Å². The monoisotopic (exact) mass is 357 g/mol. The lowest BCUT2D eigenvalue weighted by atomic mass is 10.2. The molecule has 1 aromatic heterocycles. The minimum Gasteiger partial charge on any atom is -0.451 e. The topological polar surface area (TPSA) is 55.4 Å². The fraction of sp³-hybridized carbons (Fsp3) is 0.200. The average molecular weight is 358 g/mol. The molecule has 0 saturated carbocycles. The molecule has 1 heterocycles. The third-order valence-electron chi connectivity index (χ3n) is 2.82. The maximum absolute atomic E-state index is 11.9. The normalized spacial score (nSPS) is 10.4. The zero-order valence-corrected chi connectivity index (χ0v) is 14.2. The van der Waals surface area contributed by atoms with Crippen molar-refractivity contribution < 1.29 is 14.3 Å². The number of esters is 1. The minimum absolute atomic E-state index is 0.316. The quantitative estimate of drug-likeness (QED) is 0.821. The van der Waals surface area contributed by atoms with E-state index in [0.29, 0.717) is 20.6 Å². The molecule has 7 heteroatoms. The zero-order valence-electron chi connectivity index (χ0n) is 11.9. The molecule has 1 amide bonds. The molecular weight excluding hydrogens is 345 g/mol. The number of carbonyl (C=O) groups is 2. The summed E-state index contributed by atoms with van der Waals surface area (Å²) in [6.07, 6.45) is 0. The number of amides is 1. The molecule has 0 aliphatic carbocycles. The second-order valence-electron chi connectivity index (χ2n) is 4.59. The van der Waals surface area contributed by atoms with Crippen molar-refractivity contribution in [3.63, 3.8) is 0 Å². The van der Waals surface area contributed by atoms with Crippen LogP contribution in [0.15, 0.2) is 24.3 Å². The highest BCUT2D eigenvalue weighted by atomic mass is 35.5. The van der Waals surface area contributed by atoms with E-state index in [4.69, 9.17) is 27.9 Å². The van der Waals surface area contributed by atoms with Crippen LogP contribution < -0.4 is 5.32 Å². The molecule has 0 unspecified atom stereocenters. The highest BCUT2D eigenvalue weighted by Gasteiger charge is 2.15. The first kappa shape index (κ1) is 16.8. The molecular formula is C15H13Cl2NO3S. The van der Waals surface area contributed by atoms with Crippen LogP contribution in [0.1, 0.15) is 20.1 Å². The van der Waals surface area contributed by atoms with Crippen LogP contribution in [0.25, 0.3) is 0 Å². The predicted octanol–water partition coefficient (Wildman–Crippen LogP) is 4.47. The molecule has 2 rings (SSSR count). The van der Waals surface area contributed by atoms with Gasteiger partial charge in [-0.2, -0.15) is 0 Å². The van der Waals surface area contributed by atoms with Crippen molar-refractivity contribution in [2.75, 3.05) is 11.9 Å². The maximum Gasteiger partial charge on any atom is 0.348 e. The standard InChI is InChI=1S/C15H13Cl2NO3S/c1-8-3-5-10(16)14(13(8)17)18-12(19)7-21-15(20)11-6-4-9(2)22-11/h3-6H,7H2,1-2H3,(H,18,19). The van der Waals surface area contributed by atoms with Crippen LogP contribution in [-0.4, -0.2) is 18.5 Å². The van der Waals surface area contributed by atoms with E-state index >= 15 is 0 Å². The van der Waals surface area contributed by atoms with Gasteiger partial charge in [-0.3, -0.25) is 4.79 Å². The van der Waals surface area contributed by atoms with Crippen LogP contribution in [0.3, 0.4) is 0 Å². The predicted molar refractivity (Wildman–Crippen MR) is 89.2 cm³/mol. The maximum atomic E-state index is 11.9. The largest absolute Gasteiger partial charge is 0.451 e. The van der Waals surface area contributed by atoms with Crippen molar-refractivity contribution in [2.24, 2.45) is 0 Å². The van der Waals surface area contributed by atoms with E-state index in [-0.39, 0.29) is 0 Å². The molecule has 4 nitrogen and oxygen atoms in total. The summed E-state index contributed by atoms with van der Waals surface area (Å²) in [4.78, 5) is 25.1. The Morgan fingerprint density at radius 2 is 1.91 bits per heavy atom. The molecule has 22 heavy (non-hydrogen) atoms. The summed E-state index contributed by atoms with van der Waals surface area (Å²) < 4.78 is 4.96. The van der Waals surface area contributed by atoms with E-state index in [0.717, 1.165) is 10.4 Å². The van der Waals surface area contributed by atoms with Gasteiger partial charge in [-0.25, -0.2) is 4.79 Å². The van der Waals surface area contributed by atoms with Gasteiger partial charge < -0.3 is 10.1 Å². The van der Waals surface area contributed by atoms with Crippen LogP contribution >= 0.6 is 34.5 Å². The highest BCUT2D eigenvalue weighted by Crippen LogP contribution is 2.32. The Labute approximate surface area is 142 Å². The second kappa shape index (κ2) is 7.13. The lowest BCUT2D eigenvalue weighted by molar-refractivity contribution is -0.119. The first-order valence-electron chi connectivity index (χ1n) is 6.36. The number of halogens is 2. The molecule has 0 atom stereocenters. The van der Waals surface area contributed by atoms with E-state index in [2.05, 4.69) is 5.32 Å². The lowest BCUT2D eigenvalue weighted by Crippen LogP contribution is -2.21. The van der Waals surface area contributed by atoms with Crippen molar-refractivity contribution in [3.8, 4) is 0 Å². The van der Waals surface area contributed by atoms with Gasteiger partial charge in [0, 0.05) is 4.88 Å². The summed E-state index contributed by atoms with van der Waals surface area (Å²) in [6.45, 7) is 3.28. The Bertz CT molecular complexity index is 728. The van der Waals surface area contributed by atoms with Crippen LogP contribution in [0.4, 0.5) is 5.69 Å².